The van der Waals surface area contributed by atoms with Crippen LogP contribution >= 0.6 is 0 Å². The molecular formula is C17H17F2NO3. The molecule has 0 aliphatic rings. The van der Waals surface area contributed by atoms with E-state index in [9.17, 15) is 13.6 Å². The van der Waals surface area contributed by atoms with E-state index < -0.39 is 23.6 Å². The fourth-order valence-electron chi connectivity index (χ4n) is 1.94. The van der Waals surface area contributed by atoms with Crippen molar-refractivity contribution in [3.05, 3.63) is 54.1 Å². The van der Waals surface area contributed by atoms with E-state index >= 15 is 0 Å². The zero-order valence-electron chi connectivity index (χ0n) is 12.8. The van der Waals surface area contributed by atoms with Crippen LogP contribution in [0.2, 0.25) is 0 Å². The molecule has 0 spiro atoms. The van der Waals surface area contributed by atoms with E-state index in [0.29, 0.717) is 17.9 Å². The number of amides is 1. The van der Waals surface area contributed by atoms with Gasteiger partial charge in [-0.05, 0) is 42.8 Å². The van der Waals surface area contributed by atoms with Crippen LogP contribution in [0, 0.1) is 11.6 Å². The highest BCUT2D eigenvalue weighted by molar-refractivity contribution is 5.94. The number of nitrogens with one attached hydrogen (secondary N) is 1. The highest BCUT2D eigenvalue weighted by Crippen LogP contribution is 2.20. The lowest BCUT2D eigenvalue weighted by molar-refractivity contribution is -0.122. The average Bonchev–Trinajstić information content (AvgIpc) is 2.56. The predicted octanol–water partition coefficient (Wildman–Crippen LogP) is 3.77. The summed E-state index contributed by atoms with van der Waals surface area (Å²) in [5.41, 5.74) is 0.172. The number of rotatable bonds is 6. The maximum atomic E-state index is 13.2. The molecule has 1 N–H and O–H groups in total. The van der Waals surface area contributed by atoms with Crippen molar-refractivity contribution in [1.82, 2.24) is 0 Å². The minimum absolute atomic E-state index is 0.172. The molecule has 4 nitrogen and oxygen atoms in total. The molecule has 0 unspecified atom stereocenters. The zero-order valence-corrected chi connectivity index (χ0v) is 12.8. The van der Waals surface area contributed by atoms with E-state index in [1.54, 1.807) is 38.3 Å². The van der Waals surface area contributed by atoms with Gasteiger partial charge in [-0.2, -0.15) is 0 Å². The van der Waals surface area contributed by atoms with Gasteiger partial charge in [-0.1, -0.05) is 6.92 Å². The summed E-state index contributed by atoms with van der Waals surface area (Å²) in [5.74, 6) is -1.24. The largest absolute Gasteiger partial charge is 0.497 e. The van der Waals surface area contributed by atoms with Crippen molar-refractivity contribution in [3.8, 4) is 11.5 Å². The molecule has 0 fully saturated rings. The molecule has 0 heterocycles. The summed E-state index contributed by atoms with van der Waals surface area (Å²) in [6.45, 7) is 1.79. The van der Waals surface area contributed by atoms with Gasteiger partial charge in [-0.3, -0.25) is 4.79 Å². The van der Waals surface area contributed by atoms with Crippen molar-refractivity contribution in [2.24, 2.45) is 0 Å². The van der Waals surface area contributed by atoms with Crippen molar-refractivity contribution >= 4 is 11.6 Å². The van der Waals surface area contributed by atoms with E-state index in [1.165, 1.54) is 6.07 Å². The second-order valence-corrected chi connectivity index (χ2v) is 4.81. The Morgan fingerprint density at radius 1 is 1.09 bits per heavy atom. The summed E-state index contributed by atoms with van der Waals surface area (Å²) in [5, 5.41) is 2.51. The third-order valence-corrected chi connectivity index (χ3v) is 3.19. The molecule has 2 rings (SSSR count). The molecule has 1 amide bonds. The molecule has 23 heavy (non-hydrogen) atoms. The number of methoxy groups -OCH3 is 1. The molecule has 6 heteroatoms. The van der Waals surface area contributed by atoms with E-state index in [2.05, 4.69) is 5.32 Å². The highest BCUT2D eigenvalue weighted by atomic mass is 19.2. The summed E-state index contributed by atoms with van der Waals surface area (Å²) in [4.78, 5) is 12.2. The third kappa shape index (κ3) is 4.42. The van der Waals surface area contributed by atoms with E-state index in [1.807, 2.05) is 0 Å². The smallest absolute Gasteiger partial charge is 0.265 e. The maximum absolute atomic E-state index is 13.2. The third-order valence-electron chi connectivity index (χ3n) is 3.19. The van der Waals surface area contributed by atoms with Gasteiger partial charge in [0, 0.05) is 11.8 Å². The first-order valence-electron chi connectivity index (χ1n) is 7.10. The number of carbonyl (C=O) groups is 1. The monoisotopic (exact) mass is 321 g/mol. The van der Waals surface area contributed by atoms with Crippen LogP contribution in [0.15, 0.2) is 42.5 Å². The fraction of sp³-hybridized carbons (Fsp3) is 0.235. The van der Waals surface area contributed by atoms with Crippen molar-refractivity contribution in [2.75, 3.05) is 12.4 Å². The number of anilines is 1. The number of carbonyl (C=O) groups excluding carboxylic acids is 1. The van der Waals surface area contributed by atoms with Crippen LogP contribution in [-0.4, -0.2) is 19.1 Å². The lowest BCUT2D eigenvalue weighted by Gasteiger charge is -2.17. The first-order valence-corrected chi connectivity index (χ1v) is 7.10. The molecule has 122 valence electrons. The lowest BCUT2D eigenvalue weighted by atomic mass is 10.2. The molecule has 0 saturated heterocycles. The van der Waals surface area contributed by atoms with Crippen molar-refractivity contribution < 1.29 is 23.0 Å². The Bertz CT molecular complexity index is 674. The first kappa shape index (κ1) is 16.7. The second-order valence-electron chi connectivity index (χ2n) is 4.81. The summed E-state index contributed by atoms with van der Waals surface area (Å²) >= 11 is 0. The quantitative estimate of drug-likeness (QED) is 0.881. The summed E-state index contributed by atoms with van der Waals surface area (Å²) < 4.78 is 36.7. The second kappa shape index (κ2) is 7.58. The number of hydrogen-bond donors (Lipinski definition) is 1. The van der Waals surface area contributed by atoms with Crippen molar-refractivity contribution in [1.29, 1.82) is 0 Å². The van der Waals surface area contributed by atoms with Crippen LogP contribution in [-0.2, 0) is 4.79 Å². The van der Waals surface area contributed by atoms with Crippen LogP contribution < -0.4 is 14.8 Å². The van der Waals surface area contributed by atoms with Gasteiger partial charge in [0.05, 0.1) is 7.11 Å². The van der Waals surface area contributed by atoms with Crippen LogP contribution in [0.25, 0.3) is 0 Å². The van der Waals surface area contributed by atoms with Crippen molar-refractivity contribution in [3.63, 3.8) is 0 Å². The Labute approximate surface area is 133 Å². The van der Waals surface area contributed by atoms with Gasteiger partial charge in [-0.25, -0.2) is 8.78 Å². The average molecular weight is 321 g/mol. The van der Waals surface area contributed by atoms with Gasteiger partial charge < -0.3 is 14.8 Å². The van der Waals surface area contributed by atoms with Gasteiger partial charge >= 0.3 is 0 Å². The van der Waals surface area contributed by atoms with Crippen LogP contribution in [0.3, 0.4) is 0 Å². The Morgan fingerprint density at radius 2 is 1.74 bits per heavy atom. The van der Waals surface area contributed by atoms with Gasteiger partial charge in [0.15, 0.2) is 17.7 Å². The summed E-state index contributed by atoms with van der Waals surface area (Å²) in [7, 11) is 1.56. The van der Waals surface area contributed by atoms with E-state index in [0.717, 1.165) is 12.1 Å². The lowest BCUT2D eigenvalue weighted by Crippen LogP contribution is -2.32. The Morgan fingerprint density at radius 3 is 2.30 bits per heavy atom. The SMILES string of the molecule is CC[C@H](Oc1ccc(OC)cc1)C(=O)Nc1ccc(F)c(F)c1. The van der Waals surface area contributed by atoms with Crippen LogP contribution in [0.4, 0.5) is 14.5 Å². The Hall–Kier alpha value is -2.63. The van der Waals surface area contributed by atoms with Gasteiger partial charge in [0.25, 0.3) is 5.91 Å². The Kier molecular flexibility index (Phi) is 5.51. The number of benzene rings is 2. The number of hydrogen-bond acceptors (Lipinski definition) is 3. The molecule has 0 radical (unpaired) electrons. The highest BCUT2D eigenvalue weighted by Gasteiger charge is 2.19. The first-order chi connectivity index (χ1) is 11.0. The standard InChI is InChI=1S/C17H17F2NO3/c1-3-16(23-13-7-5-12(22-2)6-8-13)17(21)20-11-4-9-14(18)15(19)10-11/h4-10,16H,3H2,1-2H3,(H,20,21)/t16-/m0/s1. The van der Waals surface area contributed by atoms with Crippen LogP contribution in [0.5, 0.6) is 11.5 Å². The van der Waals surface area contributed by atoms with Gasteiger partial charge in [0.1, 0.15) is 11.5 Å². The molecule has 0 aliphatic heterocycles. The van der Waals surface area contributed by atoms with E-state index in [4.69, 9.17) is 9.47 Å². The van der Waals surface area contributed by atoms with Crippen molar-refractivity contribution in [2.45, 2.75) is 19.4 Å². The normalized spacial score (nSPS) is 11.7. The molecule has 0 saturated carbocycles. The topological polar surface area (TPSA) is 47.6 Å². The molecular weight excluding hydrogens is 304 g/mol. The van der Waals surface area contributed by atoms with Gasteiger partial charge in [0.2, 0.25) is 0 Å². The maximum Gasteiger partial charge on any atom is 0.265 e. The number of halogens is 2. The van der Waals surface area contributed by atoms with E-state index in [-0.39, 0.29) is 5.69 Å². The molecule has 0 aromatic heterocycles. The molecule has 0 bridgehead atoms. The minimum Gasteiger partial charge on any atom is -0.497 e. The fourth-order valence-corrected chi connectivity index (χ4v) is 1.94. The number of ether oxygens (including phenoxy) is 2. The minimum atomic E-state index is -1.02. The Balaban J connectivity index is 2.03. The molecule has 0 aliphatic carbocycles. The van der Waals surface area contributed by atoms with Crippen LogP contribution in [0.1, 0.15) is 13.3 Å². The molecule has 1 atom stereocenters. The predicted molar refractivity (Wildman–Crippen MR) is 82.7 cm³/mol. The molecule has 2 aromatic rings. The summed E-state index contributed by atoms with van der Waals surface area (Å²) in [6.07, 6.45) is -0.335. The molecule has 2 aromatic carbocycles. The zero-order chi connectivity index (χ0) is 16.8. The summed E-state index contributed by atoms with van der Waals surface area (Å²) in [6, 6.07) is 9.98. The van der Waals surface area contributed by atoms with Gasteiger partial charge in [-0.15, -0.1) is 0 Å².